The lowest BCUT2D eigenvalue weighted by atomic mass is 9.81. The normalized spacial score (nSPS) is 10.1. The summed E-state index contributed by atoms with van der Waals surface area (Å²) in [5.41, 5.74) is 4.46. The first kappa shape index (κ1) is 28.6. The number of nitrogens with zero attached hydrogens (tertiary/aromatic N) is 4. The zero-order chi connectivity index (χ0) is 28.3. The molecule has 6 rings (SSSR count). The summed E-state index contributed by atoms with van der Waals surface area (Å²) in [6, 6.07) is 26.8. The second-order valence-electron chi connectivity index (χ2n) is 8.36. The summed E-state index contributed by atoms with van der Waals surface area (Å²) in [5, 5.41) is 19.1. The predicted molar refractivity (Wildman–Crippen MR) is 162 cm³/mol. The van der Waals surface area contributed by atoms with Gasteiger partial charge in [-0.2, -0.15) is 0 Å². The van der Waals surface area contributed by atoms with Crippen LogP contribution in [0.3, 0.4) is 0 Å². The maximum Gasteiger partial charge on any atom is 0.488 e. The Morgan fingerprint density at radius 3 is 1.70 bits per heavy atom. The van der Waals surface area contributed by atoms with E-state index in [-0.39, 0.29) is 0 Å². The van der Waals surface area contributed by atoms with Gasteiger partial charge in [0.2, 0.25) is 0 Å². The van der Waals surface area contributed by atoms with E-state index in [1.54, 1.807) is 50.9 Å². The van der Waals surface area contributed by atoms with Crippen LogP contribution in [0, 0.1) is 0 Å². The highest BCUT2D eigenvalue weighted by atomic mass is 79.9. The van der Waals surface area contributed by atoms with Crippen molar-refractivity contribution in [2.24, 2.45) is 0 Å². The third-order valence-corrected chi connectivity index (χ3v) is 6.21. The predicted octanol–water partition coefficient (Wildman–Crippen LogP) is 5.07. The van der Waals surface area contributed by atoms with E-state index in [4.69, 9.17) is 19.5 Å². The molecular formula is C30H26BBrN4O4. The number of ether oxygens (including phenoxy) is 2. The average Bonchev–Trinajstić information content (AvgIpc) is 3.01. The van der Waals surface area contributed by atoms with Gasteiger partial charge in [-0.3, -0.25) is 0 Å². The van der Waals surface area contributed by atoms with Crippen LogP contribution in [0.15, 0.2) is 114 Å². The van der Waals surface area contributed by atoms with Gasteiger partial charge < -0.3 is 19.5 Å². The summed E-state index contributed by atoms with van der Waals surface area (Å²) < 4.78 is 11.6. The molecule has 200 valence electrons. The first-order valence-corrected chi connectivity index (χ1v) is 13.0. The molecule has 0 radical (unpaired) electrons. The molecule has 2 aromatic heterocycles. The highest BCUT2D eigenvalue weighted by molar-refractivity contribution is 9.10. The van der Waals surface area contributed by atoms with Crippen LogP contribution >= 0.6 is 15.9 Å². The monoisotopic (exact) mass is 596 g/mol. The Labute approximate surface area is 240 Å². The molecule has 0 fully saturated rings. The molecule has 0 unspecified atom stereocenters. The number of halogens is 1. The van der Waals surface area contributed by atoms with E-state index in [9.17, 15) is 0 Å². The van der Waals surface area contributed by atoms with Gasteiger partial charge in [0.05, 0.1) is 14.2 Å². The maximum absolute atomic E-state index is 8.58. The highest BCUT2D eigenvalue weighted by Crippen LogP contribution is 2.30. The molecule has 0 atom stereocenters. The van der Waals surface area contributed by atoms with Gasteiger partial charge in [0, 0.05) is 27.6 Å². The fourth-order valence-corrected chi connectivity index (χ4v) is 4.29. The van der Waals surface area contributed by atoms with Crippen molar-refractivity contribution in [2.45, 2.75) is 0 Å². The smallest absolute Gasteiger partial charge is 0.488 e. The minimum Gasteiger partial charge on any atom is -0.494 e. The van der Waals surface area contributed by atoms with Crippen molar-refractivity contribution in [2.75, 3.05) is 14.2 Å². The van der Waals surface area contributed by atoms with Gasteiger partial charge in [-0.05, 0) is 40.9 Å². The molecule has 0 bridgehead atoms. The van der Waals surface area contributed by atoms with Crippen molar-refractivity contribution in [3.8, 4) is 22.6 Å². The van der Waals surface area contributed by atoms with Crippen LogP contribution in [-0.2, 0) is 0 Å². The van der Waals surface area contributed by atoms with Crippen LogP contribution in [0.25, 0.3) is 32.9 Å². The Balaban J connectivity index is 0.000000148. The third-order valence-electron chi connectivity index (χ3n) is 5.75. The largest absolute Gasteiger partial charge is 0.494 e. The number of hydrogen-bond donors (Lipinski definition) is 2. The van der Waals surface area contributed by atoms with Gasteiger partial charge in [-0.15, -0.1) is 0 Å². The lowest BCUT2D eigenvalue weighted by Gasteiger charge is -2.08. The number of fused-ring (bicyclic) bond motifs is 2. The van der Waals surface area contributed by atoms with Gasteiger partial charge >= 0.3 is 7.12 Å². The molecule has 8 nitrogen and oxygen atoms in total. The number of hydrogen-bond acceptors (Lipinski definition) is 8. The minimum atomic E-state index is -1.34. The third kappa shape index (κ3) is 7.38. The quantitative estimate of drug-likeness (QED) is 0.271. The van der Waals surface area contributed by atoms with E-state index >= 15 is 0 Å². The van der Waals surface area contributed by atoms with Crippen LogP contribution in [-0.4, -0.2) is 51.3 Å². The van der Waals surface area contributed by atoms with Crippen LogP contribution < -0.4 is 14.9 Å². The van der Waals surface area contributed by atoms with Crippen LogP contribution in [0.5, 0.6) is 11.5 Å². The first-order chi connectivity index (χ1) is 19.5. The SMILES string of the molecule is COc1cc(-c2ccccc2)cc2cncnc12.COc1cc(Br)cc2cncnc12.OB(O)c1ccccc1. The Bertz CT molecular complexity index is 1680. The number of methoxy groups -OCH3 is 2. The van der Waals surface area contributed by atoms with Gasteiger partial charge in [0.1, 0.15) is 35.2 Å². The number of benzene rings is 4. The Kier molecular flexibility index (Phi) is 10.1. The first-order valence-electron chi connectivity index (χ1n) is 12.2. The standard InChI is InChI=1S/C15H12N2O.C9H7BrN2O.C6H7BO2/c1-18-14-8-12(11-5-3-2-4-6-11)7-13-9-16-10-17-15(13)14;1-13-8-3-7(10)2-6-4-11-5-12-9(6)8;8-7(9)6-4-2-1-3-5-6/h2-10H,1H3;2-5H,1H3;1-5,8-9H. The van der Waals surface area contributed by atoms with Gasteiger partial charge in [0.25, 0.3) is 0 Å². The van der Waals surface area contributed by atoms with Crippen LogP contribution in [0.2, 0.25) is 0 Å². The molecule has 0 aliphatic heterocycles. The summed E-state index contributed by atoms with van der Waals surface area (Å²) in [7, 11) is 1.95. The molecule has 6 aromatic rings. The molecule has 0 amide bonds. The zero-order valence-electron chi connectivity index (χ0n) is 21.8. The van der Waals surface area contributed by atoms with E-state index in [0.29, 0.717) is 5.46 Å². The average molecular weight is 597 g/mol. The van der Waals surface area contributed by atoms with Gasteiger partial charge in [-0.1, -0.05) is 76.6 Å². The van der Waals surface area contributed by atoms with E-state index < -0.39 is 7.12 Å². The topological polar surface area (TPSA) is 110 Å². The van der Waals surface area contributed by atoms with Crippen molar-refractivity contribution in [3.05, 3.63) is 114 Å². The summed E-state index contributed by atoms with van der Waals surface area (Å²) in [6.07, 6.45) is 6.61. The molecule has 10 heteroatoms. The Hall–Kier alpha value is -4.38. The molecule has 2 heterocycles. The van der Waals surface area contributed by atoms with Crippen molar-refractivity contribution in [1.82, 2.24) is 19.9 Å². The van der Waals surface area contributed by atoms with Crippen molar-refractivity contribution in [3.63, 3.8) is 0 Å². The fraction of sp³-hybridized carbons (Fsp3) is 0.0667. The Morgan fingerprint density at radius 2 is 1.18 bits per heavy atom. The minimum absolute atomic E-state index is 0.525. The summed E-state index contributed by atoms with van der Waals surface area (Å²) in [6.45, 7) is 0. The van der Waals surface area contributed by atoms with Crippen molar-refractivity contribution >= 4 is 50.3 Å². The number of aromatic nitrogens is 4. The fourth-order valence-electron chi connectivity index (χ4n) is 3.84. The van der Waals surface area contributed by atoms with Gasteiger partial charge in [-0.25, -0.2) is 19.9 Å². The number of rotatable bonds is 4. The highest BCUT2D eigenvalue weighted by Gasteiger charge is 2.08. The van der Waals surface area contributed by atoms with Crippen molar-refractivity contribution in [1.29, 1.82) is 0 Å². The van der Waals surface area contributed by atoms with E-state index in [1.165, 1.54) is 12.7 Å². The zero-order valence-corrected chi connectivity index (χ0v) is 23.4. The molecule has 4 aromatic carbocycles. The van der Waals surface area contributed by atoms with Crippen LogP contribution in [0.1, 0.15) is 0 Å². The summed E-state index contributed by atoms with van der Waals surface area (Å²) in [4.78, 5) is 16.4. The summed E-state index contributed by atoms with van der Waals surface area (Å²) in [5.74, 6) is 1.53. The van der Waals surface area contributed by atoms with E-state index in [2.05, 4.69) is 54.1 Å². The maximum atomic E-state index is 8.58. The Morgan fingerprint density at radius 1 is 0.650 bits per heavy atom. The lowest BCUT2D eigenvalue weighted by molar-refractivity contribution is 0.418. The molecule has 0 aliphatic carbocycles. The molecule has 2 N–H and O–H groups in total. The molecule has 40 heavy (non-hydrogen) atoms. The van der Waals surface area contributed by atoms with E-state index in [0.717, 1.165) is 48.9 Å². The molecular weight excluding hydrogens is 571 g/mol. The molecule has 0 spiro atoms. The summed E-state index contributed by atoms with van der Waals surface area (Å²) >= 11 is 3.39. The van der Waals surface area contributed by atoms with Gasteiger partial charge in [0.15, 0.2) is 0 Å². The van der Waals surface area contributed by atoms with Crippen molar-refractivity contribution < 1.29 is 19.5 Å². The molecule has 0 saturated carbocycles. The lowest BCUT2D eigenvalue weighted by Crippen LogP contribution is -2.29. The second kappa shape index (κ2) is 14.1. The van der Waals surface area contributed by atoms with Crippen LogP contribution in [0.4, 0.5) is 0 Å². The van der Waals surface area contributed by atoms with E-state index in [1.807, 2.05) is 42.5 Å². The second-order valence-corrected chi connectivity index (χ2v) is 9.27. The molecule has 0 aliphatic rings. The molecule has 0 saturated heterocycles.